The Morgan fingerprint density at radius 1 is 1.00 bits per heavy atom. The molecule has 3 heteroatoms. The summed E-state index contributed by atoms with van der Waals surface area (Å²) in [7, 11) is 0. The first-order valence-corrected chi connectivity index (χ1v) is 5.39. The Labute approximate surface area is 98.1 Å². The first kappa shape index (κ1) is 10.4. The van der Waals surface area contributed by atoms with Crippen LogP contribution >= 0.6 is 0 Å². The van der Waals surface area contributed by atoms with Crippen molar-refractivity contribution in [3.63, 3.8) is 0 Å². The molecule has 2 aromatic rings. The van der Waals surface area contributed by atoms with Gasteiger partial charge in [0.2, 0.25) is 0 Å². The molecule has 1 heterocycles. The molecule has 0 bridgehead atoms. The molecule has 0 unspecified atom stereocenters. The summed E-state index contributed by atoms with van der Waals surface area (Å²) < 4.78 is 26.5. The van der Waals surface area contributed by atoms with E-state index in [4.69, 9.17) is 0 Å². The second-order valence-corrected chi connectivity index (χ2v) is 4.06. The number of halogens is 2. The third kappa shape index (κ3) is 1.83. The Morgan fingerprint density at radius 2 is 1.88 bits per heavy atom. The molecule has 0 saturated carbocycles. The first-order valence-electron chi connectivity index (χ1n) is 5.39. The van der Waals surface area contributed by atoms with Gasteiger partial charge in [-0.1, -0.05) is 12.1 Å². The van der Waals surface area contributed by atoms with Gasteiger partial charge in [0, 0.05) is 18.2 Å². The van der Waals surface area contributed by atoms with E-state index in [0.717, 1.165) is 29.3 Å². The smallest absolute Gasteiger partial charge is 0.133 e. The van der Waals surface area contributed by atoms with Crippen molar-refractivity contribution in [3.8, 4) is 11.1 Å². The van der Waals surface area contributed by atoms with Crippen molar-refractivity contribution in [2.24, 2.45) is 0 Å². The maximum absolute atomic E-state index is 13.6. The Morgan fingerprint density at radius 3 is 2.71 bits per heavy atom. The fraction of sp³-hybridized carbons (Fsp3) is 0.0714. The van der Waals surface area contributed by atoms with Crippen LogP contribution in [0.25, 0.3) is 11.1 Å². The number of nitrogens with one attached hydrogen (secondary N) is 1. The minimum absolute atomic E-state index is 0.432. The number of hydrogen-bond donors (Lipinski definition) is 1. The maximum atomic E-state index is 13.6. The highest BCUT2D eigenvalue weighted by Gasteiger charge is 2.13. The molecule has 0 atom stereocenters. The van der Waals surface area contributed by atoms with Gasteiger partial charge in [-0.3, -0.25) is 0 Å². The largest absolute Gasteiger partial charge is 0.304 e. The van der Waals surface area contributed by atoms with Crippen LogP contribution in [-0.2, 0) is 6.54 Å². The molecule has 1 aliphatic heterocycles. The molecule has 2 aromatic carbocycles. The van der Waals surface area contributed by atoms with Crippen LogP contribution in [0.4, 0.5) is 8.78 Å². The zero-order valence-corrected chi connectivity index (χ0v) is 9.00. The minimum atomic E-state index is -0.553. The van der Waals surface area contributed by atoms with Gasteiger partial charge in [0.1, 0.15) is 11.6 Å². The molecule has 85 valence electrons. The van der Waals surface area contributed by atoms with Crippen molar-refractivity contribution in [2.45, 2.75) is 6.54 Å². The van der Waals surface area contributed by atoms with Gasteiger partial charge in [-0.25, -0.2) is 8.78 Å². The van der Waals surface area contributed by atoms with Crippen molar-refractivity contribution in [1.82, 2.24) is 5.32 Å². The molecule has 0 spiro atoms. The zero-order valence-electron chi connectivity index (χ0n) is 9.00. The van der Waals surface area contributed by atoms with Crippen molar-refractivity contribution >= 4 is 0 Å². The summed E-state index contributed by atoms with van der Waals surface area (Å²) in [6, 6.07) is 9.37. The van der Waals surface area contributed by atoms with Crippen LogP contribution < -0.4 is 5.32 Å². The quantitative estimate of drug-likeness (QED) is 0.793. The lowest BCUT2D eigenvalue weighted by molar-refractivity contribution is 0.585. The molecule has 0 fully saturated rings. The number of rotatable bonds is 1. The van der Waals surface area contributed by atoms with E-state index >= 15 is 0 Å². The summed E-state index contributed by atoms with van der Waals surface area (Å²) in [5, 5.41) is 3.11. The SMILES string of the molecule is Fc1ccc(-c2ccc3c(c2)CN[CH]3)c(F)c1. The van der Waals surface area contributed by atoms with Crippen LogP contribution in [0.15, 0.2) is 36.4 Å². The van der Waals surface area contributed by atoms with E-state index < -0.39 is 11.6 Å². The molecule has 0 amide bonds. The lowest BCUT2D eigenvalue weighted by Crippen LogP contribution is -1.97. The van der Waals surface area contributed by atoms with E-state index in [2.05, 4.69) is 5.32 Å². The van der Waals surface area contributed by atoms with Gasteiger partial charge < -0.3 is 5.32 Å². The van der Waals surface area contributed by atoms with Gasteiger partial charge in [-0.15, -0.1) is 0 Å². The van der Waals surface area contributed by atoms with Crippen LogP contribution in [0.2, 0.25) is 0 Å². The monoisotopic (exact) mass is 230 g/mol. The van der Waals surface area contributed by atoms with Crippen molar-refractivity contribution < 1.29 is 8.78 Å². The predicted octanol–water partition coefficient (Wildman–Crippen LogP) is 3.24. The van der Waals surface area contributed by atoms with Crippen LogP contribution in [-0.4, -0.2) is 0 Å². The first-order chi connectivity index (χ1) is 8.24. The van der Waals surface area contributed by atoms with E-state index in [1.165, 1.54) is 12.1 Å². The van der Waals surface area contributed by atoms with Gasteiger partial charge in [0.25, 0.3) is 0 Å². The summed E-state index contributed by atoms with van der Waals surface area (Å²) in [5.74, 6) is -1.08. The second kappa shape index (κ2) is 3.93. The highest BCUT2D eigenvalue weighted by Crippen LogP contribution is 2.27. The molecular weight excluding hydrogens is 220 g/mol. The predicted molar refractivity (Wildman–Crippen MR) is 62.0 cm³/mol. The average molecular weight is 230 g/mol. The highest BCUT2D eigenvalue weighted by atomic mass is 19.1. The molecule has 17 heavy (non-hydrogen) atoms. The lowest BCUT2D eigenvalue weighted by Gasteiger charge is -2.06. The molecule has 0 saturated heterocycles. The highest BCUT2D eigenvalue weighted by molar-refractivity contribution is 5.66. The minimum Gasteiger partial charge on any atom is -0.304 e. The van der Waals surface area contributed by atoms with Gasteiger partial charge in [0.05, 0.1) is 6.54 Å². The summed E-state index contributed by atoms with van der Waals surface area (Å²) >= 11 is 0. The van der Waals surface area contributed by atoms with Gasteiger partial charge in [0.15, 0.2) is 0 Å². The Kier molecular flexibility index (Phi) is 2.41. The van der Waals surface area contributed by atoms with Crippen LogP contribution in [0.1, 0.15) is 11.1 Å². The van der Waals surface area contributed by atoms with Crippen molar-refractivity contribution in [2.75, 3.05) is 0 Å². The molecule has 1 nitrogen and oxygen atoms in total. The third-order valence-corrected chi connectivity index (χ3v) is 2.94. The Hall–Kier alpha value is -1.74. The van der Waals surface area contributed by atoms with E-state index in [1.807, 2.05) is 24.7 Å². The van der Waals surface area contributed by atoms with E-state index in [1.54, 1.807) is 0 Å². The molecule has 3 rings (SSSR count). The van der Waals surface area contributed by atoms with Gasteiger partial charge >= 0.3 is 0 Å². The molecule has 0 aliphatic carbocycles. The maximum Gasteiger partial charge on any atom is 0.133 e. The fourth-order valence-corrected chi connectivity index (χ4v) is 2.06. The van der Waals surface area contributed by atoms with Crippen molar-refractivity contribution in [3.05, 3.63) is 65.7 Å². The number of hydrogen-bond acceptors (Lipinski definition) is 1. The Bertz CT molecular complexity index is 578. The van der Waals surface area contributed by atoms with E-state index in [-0.39, 0.29) is 0 Å². The molecule has 0 aromatic heterocycles. The zero-order chi connectivity index (χ0) is 11.8. The summed E-state index contributed by atoms with van der Waals surface area (Å²) in [6.07, 6.45) is 0. The Balaban J connectivity index is 2.09. The van der Waals surface area contributed by atoms with Crippen molar-refractivity contribution in [1.29, 1.82) is 0 Å². The topological polar surface area (TPSA) is 12.0 Å². The molecular formula is C14H10F2N. The lowest BCUT2D eigenvalue weighted by atomic mass is 10.0. The van der Waals surface area contributed by atoms with Crippen LogP contribution in [0, 0.1) is 18.2 Å². The number of fused-ring (bicyclic) bond motifs is 1. The average Bonchev–Trinajstić information content (AvgIpc) is 2.75. The van der Waals surface area contributed by atoms with Crippen LogP contribution in [0.5, 0.6) is 0 Å². The number of benzene rings is 2. The summed E-state index contributed by atoms with van der Waals surface area (Å²) in [5.41, 5.74) is 3.46. The standard InChI is InChI=1S/C14H10F2N/c15-12-3-4-13(14(16)6-12)9-1-2-10-7-17-8-11(10)5-9/h1-7,17H,8H2. The second-order valence-electron chi connectivity index (χ2n) is 4.06. The van der Waals surface area contributed by atoms with Gasteiger partial charge in [-0.05, 0) is 34.9 Å². The molecule has 1 aliphatic rings. The molecule has 1 N–H and O–H groups in total. The third-order valence-electron chi connectivity index (χ3n) is 2.94. The molecule has 1 radical (unpaired) electrons. The van der Waals surface area contributed by atoms with Gasteiger partial charge in [-0.2, -0.15) is 0 Å². The van der Waals surface area contributed by atoms with E-state index in [9.17, 15) is 8.78 Å². The van der Waals surface area contributed by atoms with Crippen LogP contribution in [0.3, 0.4) is 0 Å². The normalized spacial score (nSPS) is 13.8. The fourth-order valence-electron chi connectivity index (χ4n) is 2.06. The summed E-state index contributed by atoms with van der Waals surface area (Å²) in [6.45, 7) is 2.69. The summed E-state index contributed by atoms with van der Waals surface area (Å²) in [4.78, 5) is 0. The van der Waals surface area contributed by atoms with E-state index in [0.29, 0.717) is 5.56 Å².